The Labute approximate surface area is 214 Å². The van der Waals surface area contributed by atoms with Gasteiger partial charge < -0.3 is 0 Å². The molecule has 0 saturated heterocycles. The van der Waals surface area contributed by atoms with Crippen LogP contribution in [0.5, 0.6) is 0 Å². The standard InChI is InChI=1S/C15H12F21N.HI/c1-3-5(4-2)37-15(35,36)13(30,31)11(26,27)9(22,23)7(18,19)6(16,17)8(20,21)10(24,25)12(28,29)14(32,33)34;/h5,37H,3-4H2,1-2H3;1H. The highest BCUT2D eigenvalue weighted by Gasteiger charge is 2.97. The molecule has 1 nitrogen and oxygen atoms in total. The van der Waals surface area contributed by atoms with Gasteiger partial charge in [-0.3, -0.25) is 0 Å². The molecule has 0 aromatic rings. The van der Waals surface area contributed by atoms with E-state index in [0.29, 0.717) is 0 Å². The van der Waals surface area contributed by atoms with Gasteiger partial charge in [-0.25, -0.2) is 5.32 Å². The van der Waals surface area contributed by atoms with Crippen LogP contribution < -0.4 is 5.32 Å². The molecule has 0 aromatic carbocycles. The second-order valence-electron chi connectivity index (χ2n) is 7.33. The van der Waals surface area contributed by atoms with Crippen LogP contribution in [0.2, 0.25) is 0 Å². The monoisotopic (exact) mass is 733 g/mol. The van der Waals surface area contributed by atoms with Crippen LogP contribution in [0, 0.1) is 0 Å². The van der Waals surface area contributed by atoms with E-state index in [4.69, 9.17) is 0 Å². The van der Waals surface area contributed by atoms with E-state index in [9.17, 15) is 92.2 Å². The van der Waals surface area contributed by atoms with Crippen molar-refractivity contribution in [2.45, 2.75) is 92.3 Å². The van der Waals surface area contributed by atoms with Crippen LogP contribution in [0.15, 0.2) is 0 Å². The maximum Gasteiger partial charge on any atom is 0.460 e. The van der Waals surface area contributed by atoms with Gasteiger partial charge in [0.25, 0.3) is 0 Å². The number of hydrogen-bond donors (Lipinski definition) is 1. The summed E-state index contributed by atoms with van der Waals surface area (Å²) in [6.45, 7) is 1.77. The van der Waals surface area contributed by atoms with Crippen LogP contribution in [0.1, 0.15) is 26.7 Å². The summed E-state index contributed by atoms with van der Waals surface area (Å²) < 4.78 is 278. The normalized spacial score (nSPS) is 16.1. The molecule has 0 spiro atoms. The zero-order valence-corrected chi connectivity index (χ0v) is 20.2. The summed E-state index contributed by atoms with van der Waals surface area (Å²) in [5, 5.41) is 0.271. The van der Waals surface area contributed by atoms with Gasteiger partial charge in [0.2, 0.25) is 0 Å². The van der Waals surface area contributed by atoms with Gasteiger partial charge >= 0.3 is 59.6 Å². The van der Waals surface area contributed by atoms with E-state index in [2.05, 4.69) is 0 Å². The van der Waals surface area contributed by atoms with Gasteiger partial charge in [-0.05, 0) is 12.8 Å². The van der Waals surface area contributed by atoms with Gasteiger partial charge in [0, 0.05) is 6.04 Å². The van der Waals surface area contributed by atoms with Crippen molar-refractivity contribution in [2.24, 2.45) is 0 Å². The Balaban J connectivity index is 0. The summed E-state index contributed by atoms with van der Waals surface area (Å²) in [6, 6.07) is -8.75. The van der Waals surface area contributed by atoms with Crippen LogP contribution >= 0.6 is 24.0 Å². The summed E-state index contributed by atoms with van der Waals surface area (Å²) in [5.74, 6) is -70.1. The molecule has 0 aliphatic carbocycles. The Morgan fingerprint density at radius 3 is 0.816 bits per heavy atom. The molecule has 0 fully saturated rings. The fourth-order valence-corrected chi connectivity index (χ4v) is 2.40. The first-order valence-electron chi connectivity index (χ1n) is 8.99. The molecular weight excluding hydrogens is 720 g/mol. The van der Waals surface area contributed by atoms with E-state index in [-0.39, 0.29) is 29.3 Å². The van der Waals surface area contributed by atoms with E-state index in [1.165, 1.54) is 0 Å². The van der Waals surface area contributed by atoms with Gasteiger partial charge in [0.1, 0.15) is 0 Å². The van der Waals surface area contributed by atoms with Crippen molar-refractivity contribution in [3.8, 4) is 0 Å². The van der Waals surface area contributed by atoms with E-state index >= 15 is 0 Å². The highest BCUT2D eigenvalue weighted by atomic mass is 127. The molecule has 38 heavy (non-hydrogen) atoms. The smallest absolute Gasteiger partial charge is 0.250 e. The molecule has 0 atom stereocenters. The lowest BCUT2D eigenvalue weighted by Gasteiger charge is -2.44. The average molecular weight is 733 g/mol. The van der Waals surface area contributed by atoms with E-state index in [1.54, 1.807) is 0 Å². The largest absolute Gasteiger partial charge is 0.460 e. The molecule has 0 radical (unpaired) electrons. The second kappa shape index (κ2) is 10.6. The molecule has 0 bridgehead atoms. The van der Waals surface area contributed by atoms with Crippen LogP contribution in [-0.4, -0.2) is 65.6 Å². The fraction of sp³-hybridized carbons (Fsp3) is 1.00. The minimum Gasteiger partial charge on any atom is -0.250 e. The summed E-state index contributed by atoms with van der Waals surface area (Å²) in [4.78, 5) is 0. The summed E-state index contributed by atoms with van der Waals surface area (Å²) in [5.41, 5.74) is 0. The van der Waals surface area contributed by atoms with Crippen molar-refractivity contribution >= 4 is 24.0 Å². The van der Waals surface area contributed by atoms with Crippen molar-refractivity contribution in [1.82, 2.24) is 5.32 Å². The van der Waals surface area contributed by atoms with Crippen LogP contribution in [0.4, 0.5) is 92.2 Å². The molecule has 0 unspecified atom stereocenters. The highest BCUT2D eigenvalue weighted by molar-refractivity contribution is 14.0. The maximum atomic E-state index is 13.7. The first-order chi connectivity index (χ1) is 15.7. The predicted molar refractivity (Wildman–Crippen MR) is 93.5 cm³/mol. The number of alkyl halides is 21. The van der Waals surface area contributed by atoms with Gasteiger partial charge in [-0.15, -0.1) is 24.0 Å². The van der Waals surface area contributed by atoms with Crippen molar-refractivity contribution in [1.29, 1.82) is 0 Å². The third-order valence-corrected chi connectivity index (χ3v) is 4.88. The highest BCUT2D eigenvalue weighted by Crippen LogP contribution is 2.66. The summed E-state index contributed by atoms with van der Waals surface area (Å²) >= 11 is 0. The van der Waals surface area contributed by atoms with Crippen molar-refractivity contribution in [3.63, 3.8) is 0 Å². The number of rotatable bonds is 12. The van der Waals surface area contributed by atoms with Gasteiger partial charge in [-0.2, -0.15) is 92.2 Å². The Bertz CT molecular complexity index is 797. The Morgan fingerprint density at radius 1 is 0.395 bits per heavy atom. The molecule has 23 heteroatoms. The molecule has 0 heterocycles. The first-order valence-corrected chi connectivity index (χ1v) is 8.99. The maximum absolute atomic E-state index is 13.7. The number of hydrogen-bond acceptors (Lipinski definition) is 1. The van der Waals surface area contributed by atoms with Crippen LogP contribution in [0.3, 0.4) is 0 Å². The zero-order chi connectivity index (χ0) is 30.7. The van der Waals surface area contributed by atoms with Crippen LogP contribution in [0.25, 0.3) is 0 Å². The third kappa shape index (κ3) is 5.18. The Hall–Kier alpha value is -0.780. The summed E-state index contributed by atoms with van der Waals surface area (Å²) in [6.07, 6.45) is -9.37. The zero-order valence-electron chi connectivity index (χ0n) is 17.8. The first kappa shape index (κ1) is 39.4. The minimum absolute atomic E-state index is 0. The number of halogens is 22. The molecule has 0 aliphatic heterocycles. The lowest BCUT2D eigenvalue weighted by molar-refractivity contribution is -0.475. The molecule has 0 aliphatic rings. The van der Waals surface area contributed by atoms with Gasteiger partial charge in [0.15, 0.2) is 0 Å². The average Bonchev–Trinajstić information content (AvgIpc) is 2.69. The molecule has 0 amide bonds. The third-order valence-electron chi connectivity index (χ3n) is 4.88. The van der Waals surface area contributed by atoms with Crippen LogP contribution in [-0.2, 0) is 0 Å². The Kier molecular flexibility index (Phi) is 10.9. The van der Waals surface area contributed by atoms with E-state index < -0.39 is 78.5 Å². The Morgan fingerprint density at radius 2 is 0.605 bits per heavy atom. The topological polar surface area (TPSA) is 12.0 Å². The SMILES string of the molecule is CCC(CC)NC(F)(F)C(F)(F)C(F)(F)C(F)(F)C(F)(F)C(F)(F)C(F)(F)C(F)(F)C(F)(F)C(F)(F)F.I. The molecule has 232 valence electrons. The molecule has 0 aromatic heterocycles. The molecular formula is C15H13F21IN. The number of nitrogens with one attached hydrogen (secondary N) is 1. The minimum atomic E-state index is -9.15. The fourth-order valence-electron chi connectivity index (χ4n) is 2.40. The molecule has 1 N–H and O–H groups in total. The van der Waals surface area contributed by atoms with E-state index in [0.717, 1.165) is 13.8 Å². The lowest BCUT2D eigenvalue weighted by atomic mass is 9.87. The van der Waals surface area contributed by atoms with Gasteiger partial charge in [0.05, 0.1) is 0 Å². The molecule has 0 saturated carbocycles. The van der Waals surface area contributed by atoms with Crippen molar-refractivity contribution in [3.05, 3.63) is 0 Å². The lowest BCUT2D eigenvalue weighted by Crippen LogP contribution is -2.77. The van der Waals surface area contributed by atoms with Gasteiger partial charge in [-0.1, -0.05) is 13.8 Å². The molecule has 0 rings (SSSR count). The second-order valence-corrected chi connectivity index (χ2v) is 7.33. The predicted octanol–water partition coefficient (Wildman–Crippen LogP) is 8.62. The van der Waals surface area contributed by atoms with Crippen molar-refractivity contribution in [2.75, 3.05) is 0 Å². The summed E-state index contributed by atoms with van der Waals surface area (Å²) in [7, 11) is 0. The van der Waals surface area contributed by atoms with E-state index in [1.807, 2.05) is 0 Å². The quantitative estimate of drug-likeness (QED) is 0.120. The van der Waals surface area contributed by atoms with Crippen molar-refractivity contribution < 1.29 is 92.2 Å².